The van der Waals surface area contributed by atoms with E-state index in [9.17, 15) is 4.79 Å². The highest BCUT2D eigenvalue weighted by atomic mass is 16.5. The fourth-order valence-corrected chi connectivity index (χ4v) is 3.31. The van der Waals surface area contributed by atoms with E-state index in [4.69, 9.17) is 20.2 Å². The molecule has 0 amide bonds. The van der Waals surface area contributed by atoms with E-state index >= 15 is 0 Å². The van der Waals surface area contributed by atoms with Gasteiger partial charge in [0, 0.05) is 17.8 Å². The van der Waals surface area contributed by atoms with Crippen molar-refractivity contribution in [3.05, 3.63) is 58.1 Å². The standard InChI is InChI=1S/C20H19N3O3/c1-25-15-4-6-18(26-2)13(10-15)9-12-7-8-23-19(12)22-17-11-14(21)3-5-16(17)20(23)24/h3-6,9-11H,7-8,21H2,1-2H3/b12-9+. The number of nitrogen functional groups attached to an aromatic ring is 1. The van der Waals surface area contributed by atoms with E-state index in [2.05, 4.69) is 0 Å². The Morgan fingerprint density at radius 3 is 2.77 bits per heavy atom. The van der Waals surface area contributed by atoms with Crippen molar-refractivity contribution in [3.8, 4) is 11.5 Å². The molecule has 1 aliphatic heterocycles. The third-order valence-electron chi connectivity index (χ3n) is 4.64. The van der Waals surface area contributed by atoms with Gasteiger partial charge in [-0.25, -0.2) is 4.98 Å². The first kappa shape index (κ1) is 16.2. The summed E-state index contributed by atoms with van der Waals surface area (Å²) in [5.41, 5.74) is 8.90. The second-order valence-electron chi connectivity index (χ2n) is 6.20. The van der Waals surface area contributed by atoms with E-state index in [1.54, 1.807) is 37.0 Å². The number of hydrogen-bond donors (Lipinski definition) is 1. The van der Waals surface area contributed by atoms with Gasteiger partial charge in [0.15, 0.2) is 0 Å². The zero-order valence-corrected chi connectivity index (χ0v) is 14.7. The molecule has 3 aromatic rings. The van der Waals surface area contributed by atoms with Crippen molar-refractivity contribution in [2.24, 2.45) is 0 Å². The number of rotatable bonds is 3. The van der Waals surface area contributed by atoms with Gasteiger partial charge in [-0.3, -0.25) is 9.36 Å². The molecule has 1 aliphatic rings. The maximum atomic E-state index is 12.8. The van der Waals surface area contributed by atoms with Crippen molar-refractivity contribution in [1.82, 2.24) is 9.55 Å². The van der Waals surface area contributed by atoms with Crippen molar-refractivity contribution < 1.29 is 9.47 Å². The minimum atomic E-state index is -0.0361. The fourth-order valence-electron chi connectivity index (χ4n) is 3.31. The van der Waals surface area contributed by atoms with Crippen LogP contribution in [0.1, 0.15) is 17.8 Å². The Morgan fingerprint density at radius 1 is 1.15 bits per heavy atom. The molecule has 0 saturated heterocycles. The Labute approximate surface area is 150 Å². The van der Waals surface area contributed by atoms with Crippen LogP contribution in [0.25, 0.3) is 22.6 Å². The van der Waals surface area contributed by atoms with Gasteiger partial charge in [0.05, 0.1) is 25.1 Å². The maximum absolute atomic E-state index is 12.8. The van der Waals surface area contributed by atoms with Crippen molar-refractivity contribution in [3.63, 3.8) is 0 Å². The average Bonchev–Trinajstić information content (AvgIpc) is 3.04. The van der Waals surface area contributed by atoms with Crippen molar-refractivity contribution in [2.75, 3.05) is 20.0 Å². The Kier molecular flexibility index (Phi) is 3.88. The number of ether oxygens (including phenoxy) is 2. The normalized spacial score (nSPS) is 14.6. The molecular weight excluding hydrogens is 330 g/mol. The van der Waals surface area contributed by atoms with Gasteiger partial charge in [0.25, 0.3) is 5.56 Å². The lowest BCUT2D eigenvalue weighted by molar-refractivity contribution is 0.402. The summed E-state index contributed by atoms with van der Waals surface area (Å²) in [4.78, 5) is 17.5. The summed E-state index contributed by atoms with van der Waals surface area (Å²) >= 11 is 0. The number of aromatic nitrogens is 2. The van der Waals surface area contributed by atoms with Gasteiger partial charge in [0.1, 0.15) is 17.3 Å². The van der Waals surface area contributed by atoms with Crippen LogP contribution in [0.3, 0.4) is 0 Å². The quantitative estimate of drug-likeness (QED) is 0.736. The van der Waals surface area contributed by atoms with Gasteiger partial charge in [-0.15, -0.1) is 0 Å². The number of allylic oxidation sites excluding steroid dienone is 1. The smallest absolute Gasteiger partial charge is 0.261 e. The fraction of sp³-hybridized carbons (Fsp3) is 0.200. The summed E-state index contributed by atoms with van der Waals surface area (Å²) in [6.45, 7) is 0.611. The molecule has 0 spiro atoms. The van der Waals surface area contributed by atoms with Crippen LogP contribution in [0, 0.1) is 0 Å². The molecule has 4 rings (SSSR count). The largest absolute Gasteiger partial charge is 0.497 e. The highest BCUT2D eigenvalue weighted by Gasteiger charge is 2.21. The molecule has 6 heteroatoms. The summed E-state index contributed by atoms with van der Waals surface area (Å²) in [6, 6.07) is 10.8. The van der Waals surface area contributed by atoms with Crippen LogP contribution in [-0.2, 0) is 6.54 Å². The predicted molar refractivity (Wildman–Crippen MR) is 102 cm³/mol. The molecule has 0 radical (unpaired) electrons. The lowest BCUT2D eigenvalue weighted by atomic mass is 10.1. The summed E-state index contributed by atoms with van der Waals surface area (Å²) in [7, 11) is 3.26. The molecule has 1 aromatic heterocycles. The number of nitrogens with zero attached hydrogens (tertiary/aromatic N) is 2. The van der Waals surface area contributed by atoms with E-state index < -0.39 is 0 Å². The molecule has 0 atom stereocenters. The Hall–Kier alpha value is -3.28. The Balaban J connectivity index is 1.89. The number of anilines is 1. The van der Waals surface area contributed by atoms with E-state index in [-0.39, 0.29) is 5.56 Å². The van der Waals surface area contributed by atoms with Crippen LogP contribution in [0.15, 0.2) is 41.2 Å². The molecule has 2 aromatic carbocycles. The number of fused-ring (bicyclic) bond motifs is 2. The van der Waals surface area contributed by atoms with Gasteiger partial charge >= 0.3 is 0 Å². The predicted octanol–water partition coefficient (Wildman–Crippen LogP) is 2.94. The highest BCUT2D eigenvalue weighted by molar-refractivity contribution is 5.87. The van der Waals surface area contributed by atoms with Crippen LogP contribution in [0.4, 0.5) is 5.69 Å². The van der Waals surface area contributed by atoms with Gasteiger partial charge in [-0.1, -0.05) is 0 Å². The van der Waals surface area contributed by atoms with Gasteiger partial charge in [-0.2, -0.15) is 0 Å². The summed E-state index contributed by atoms with van der Waals surface area (Å²) in [5, 5.41) is 0.586. The SMILES string of the molecule is COc1ccc(OC)c(/C=C2\CCn3c2nc2cc(N)ccc2c3=O)c1. The molecule has 132 valence electrons. The lowest BCUT2D eigenvalue weighted by Crippen LogP contribution is -2.20. The van der Waals surface area contributed by atoms with Crippen molar-refractivity contribution >= 4 is 28.2 Å². The molecule has 0 bridgehead atoms. The van der Waals surface area contributed by atoms with Crippen LogP contribution in [0.2, 0.25) is 0 Å². The van der Waals surface area contributed by atoms with Crippen molar-refractivity contribution in [1.29, 1.82) is 0 Å². The Morgan fingerprint density at radius 2 is 2.00 bits per heavy atom. The van der Waals surface area contributed by atoms with Crippen LogP contribution in [-0.4, -0.2) is 23.8 Å². The Bertz CT molecular complexity index is 1100. The maximum Gasteiger partial charge on any atom is 0.261 e. The molecule has 2 N–H and O–H groups in total. The molecule has 0 unspecified atom stereocenters. The second kappa shape index (κ2) is 6.22. The molecule has 0 aliphatic carbocycles. The van der Waals surface area contributed by atoms with Gasteiger partial charge in [-0.05, 0) is 54.5 Å². The van der Waals surface area contributed by atoms with E-state index in [0.717, 1.165) is 29.1 Å². The molecule has 0 saturated carbocycles. The summed E-state index contributed by atoms with van der Waals surface area (Å²) in [6.07, 6.45) is 2.74. The zero-order valence-electron chi connectivity index (χ0n) is 14.7. The van der Waals surface area contributed by atoms with E-state index in [1.165, 1.54) is 0 Å². The summed E-state index contributed by atoms with van der Waals surface area (Å²) in [5.74, 6) is 2.16. The number of benzene rings is 2. The number of hydrogen-bond acceptors (Lipinski definition) is 5. The van der Waals surface area contributed by atoms with Crippen LogP contribution in [0.5, 0.6) is 11.5 Å². The zero-order chi connectivity index (χ0) is 18.3. The number of methoxy groups -OCH3 is 2. The molecule has 26 heavy (non-hydrogen) atoms. The third-order valence-corrected chi connectivity index (χ3v) is 4.64. The average molecular weight is 349 g/mol. The van der Waals surface area contributed by atoms with Crippen molar-refractivity contribution in [2.45, 2.75) is 13.0 Å². The minimum absolute atomic E-state index is 0.0361. The molecule has 2 heterocycles. The first-order valence-corrected chi connectivity index (χ1v) is 8.34. The summed E-state index contributed by atoms with van der Waals surface area (Å²) < 4.78 is 12.5. The topological polar surface area (TPSA) is 79.4 Å². The highest BCUT2D eigenvalue weighted by Crippen LogP contribution is 2.32. The molecule has 0 fully saturated rings. The monoisotopic (exact) mass is 349 g/mol. The second-order valence-corrected chi connectivity index (χ2v) is 6.20. The first-order chi connectivity index (χ1) is 12.6. The van der Waals surface area contributed by atoms with Gasteiger partial charge < -0.3 is 15.2 Å². The third kappa shape index (κ3) is 2.60. The molecule has 6 nitrogen and oxygen atoms in total. The minimum Gasteiger partial charge on any atom is -0.497 e. The van der Waals surface area contributed by atoms with Gasteiger partial charge in [0.2, 0.25) is 0 Å². The van der Waals surface area contributed by atoms with E-state index in [1.807, 2.05) is 24.3 Å². The first-order valence-electron chi connectivity index (χ1n) is 8.34. The molecular formula is C20H19N3O3. The lowest BCUT2D eigenvalue weighted by Gasteiger charge is -2.09. The van der Waals surface area contributed by atoms with E-state index in [0.29, 0.717) is 29.0 Å². The number of nitrogens with two attached hydrogens (primary N) is 1. The van der Waals surface area contributed by atoms with Crippen LogP contribution >= 0.6 is 0 Å². The van der Waals surface area contributed by atoms with Crippen LogP contribution < -0.4 is 20.8 Å².